The number of nitrogens with zero attached hydrogens (tertiary/aromatic N) is 4. The van der Waals surface area contributed by atoms with Crippen LogP contribution in [-0.2, 0) is 17.9 Å². The molecule has 0 bridgehead atoms. The number of carboxylic acid groups (broad SMARTS) is 1. The molecule has 0 amide bonds. The summed E-state index contributed by atoms with van der Waals surface area (Å²) in [6.07, 6.45) is 2.64. The second-order valence-electron chi connectivity index (χ2n) is 5.64. The van der Waals surface area contributed by atoms with E-state index in [1.54, 1.807) is 6.20 Å². The van der Waals surface area contributed by atoms with Gasteiger partial charge >= 0.3 is 12.1 Å². The zero-order chi connectivity index (χ0) is 20.0. The smallest absolute Gasteiger partial charge is 0.475 e. The normalized spacial score (nSPS) is 12.5. The van der Waals surface area contributed by atoms with Crippen LogP contribution in [0.4, 0.5) is 13.2 Å². The van der Waals surface area contributed by atoms with Gasteiger partial charge in [0, 0.05) is 35.6 Å². The first-order valence-electron chi connectivity index (χ1n) is 7.79. The molecule has 0 aliphatic rings. The van der Waals surface area contributed by atoms with Crippen molar-refractivity contribution in [3.05, 3.63) is 53.2 Å². The van der Waals surface area contributed by atoms with Crippen LogP contribution in [0.2, 0.25) is 0 Å². The molecule has 3 heterocycles. The van der Waals surface area contributed by atoms with Gasteiger partial charge < -0.3 is 14.8 Å². The van der Waals surface area contributed by atoms with Gasteiger partial charge in [-0.15, -0.1) is 0 Å². The number of fused-ring (bicyclic) bond motifs is 1. The summed E-state index contributed by atoms with van der Waals surface area (Å²) in [6.45, 7) is 3.79. The van der Waals surface area contributed by atoms with E-state index in [0.717, 1.165) is 28.9 Å². The number of imidazole rings is 1. The fourth-order valence-electron chi connectivity index (χ4n) is 2.17. The van der Waals surface area contributed by atoms with E-state index in [1.807, 2.05) is 41.5 Å². The Labute approximate surface area is 160 Å². The average molecular weight is 448 g/mol. The van der Waals surface area contributed by atoms with Crippen molar-refractivity contribution in [3.8, 4) is 0 Å². The number of aliphatic carboxylic acids is 1. The molecule has 1 atom stereocenters. The Hall–Kier alpha value is -2.40. The maximum atomic E-state index is 10.6. The van der Waals surface area contributed by atoms with Gasteiger partial charge in [0.25, 0.3) is 0 Å². The minimum absolute atomic E-state index is 0.340. The summed E-state index contributed by atoms with van der Waals surface area (Å²) in [6, 6.07) is 6.28. The summed E-state index contributed by atoms with van der Waals surface area (Å²) in [5.74, 6) is -2.76. The molecule has 3 aromatic heterocycles. The summed E-state index contributed by atoms with van der Waals surface area (Å²) >= 11 is 3.49. The lowest BCUT2D eigenvalue weighted by Gasteiger charge is -2.13. The van der Waals surface area contributed by atoms with Gasteiger partial charge in [-0.1, -0.05) is 0 Å². The molecule has 0 saturated heterocycles. The van der Waals surface area contributed by atoms with Crippen LogP contribution in [0.5, 0.6) is 0 Å². The molecule has 0 fully saturated rings. The number of nitrogens with one attached hydrogen (secondary N) is 1. The highest BCUT2D eigenvalue weighted by Crippen LogP contribution is 2.14. The minimum Gasteiger partial charge on any atom is -0.475 e. The second kappa shape index (κ2) is 9.00. The lowest BCUT2D eigenvalue weighted by atomic mass is 10.3. The average Bonchev–Trinajstić information content (AvgIpc) is 3.22. The lowest BCUT2D eigenvalue weighted by Crippen LogP contribution is -2.30. The number of alkyl halides is 3. The number of carboxylic acids is 1. The Kier molecular flexibility index (Phi) is 6.97. The predicted molar refractivity (Wildman–Crippen MR) is 95.1 cm³/mol. The number of hydrogen-bond acceptors (Lipinski definition) is 4. The Morgan fingerprint density at radius 3 is 2.70 bits per heavy atom. The monoisotopic (exact) mass is 447 g/mol. The first-order valence-corrected chi connectivity index (χ1v) is 8.58. The standard InChI is InChI=1S/C14H16BrN5.C2HF3O2/c1-11(9-19-6-2-5-18-19)16-7-13-8-17-14-4-3-12(15)10-20(13)14;3-2(4,5)1(6)7/h2-6,8,10-11,16H,7,9H2,1H3;(H,6,7). The topological polar surface area (TPSA) is 84.5 Å². The van der Waals surface area contributed by atoms with Gasteiger partial charge in [0.15, 0.2) is 0 Å². The molecule has 7 nitrogen and oxygen atoms in total. The van der Waals surface area contributed by atoms with Gasteiger partial charge in [0.2, 0.25) is 0 Å². The van der Waals surface area contributed by atoms with Crippen LogP contribution in [0.3, 0.4) is 0 Å². The van der Waals surface area contributed by atoms with E-state index in [-0.39, 0.29) is 0 Å². The van der Waals surface area contributed by atoms with Crippen molar-refractivity contribution in [2.24, 2.45) is 0 Å². The Bertz CT molecular complexity index is 880. The number of rotatable bonds is 5. The molecule has 146 valence electrons. The molecule has 0 spiro atoms. The van der Waals surface area contributed by atoms with Gasteiger partial charge in [0.1, 0.15) is 5.65 Å². The van der Waals surface area contributed by atoms with Crippen molar-refractivity contribution in [1.82, 2.24) is 24.5 Å². The summed E-state index contributed by atoms with van der Waals surface area (Å²) < 4.78 is 36.8. The maximum Gasteiger partial charge on any atom is 0.490 e. The maximum absolute atomic E-state index is 10.6. The van der Waals surface area contributed by atoms with Crippen molar-refractivity contribution >= 4 is 27.5 Å². The third-order valence-electron chi connectivity index (χ3n) is 3.44. The molecule has 0 radical (unpaired) electrons. The molecule has 3 rings (SSSR count). The summed E-state index contributed by atoms with van der Waals surface area (Å²) in [7, 11) is 0. The number of pyridine rings is 1. The van der Waals surface area contributed by atoms with Crippen LogP contribution >= 0.6 is 15.9 Å². The van der Waals surface area contributed by atoms with Crippen LogP contribution in [0, 0.1) is 0 Å². The largest absolute Gasteiger partial charge is 0.490 e. The van der Waals surface area contributed by atoms with Crippen LogP contribution in [0.15, 0.2) is 47.5 Å². The van der Waals surface area contributed by atoms with E-state index >= 15 is 0 Å². The van der Waals surface area contributed by atoms with Gasteiger partial charge in [0.05, 0.1) is 18.4 Å². The molecule has 3 aromatic rings. The molecule has 0 aliphatic heterocycles. The lowest BCUT2D eigenvalue weighted by molar-refractivity contribution is -0.192. The quantitative estimate of drug-likeness (QED) is 0.627. The van der Waals surface area contributed by atoms with Crippen LogP contribution in [0.25, 0.3) is 5.65 Å². The second-order valence-corrected chi connectivity index (χ2v) is 6.55. The number of aromatic nitrogens is 4. The van der Waals surface area contributed by atoms with Crippen LogP contribution < -0.4 is 5.32 Å². The molecule has 2 N–H and O–H groups in total. The fourth-order valence-corrected chi connectivity index (χ4v) is 2.51. The zero-order valence-corrected chi connectivity index (χ0v) is 15.8. The molecular weight excluding hydrogens is 431 g/mol. The van der Waals surface area contributed by atoms with Gasteiger partial charge in [-0.25, -0.2) is 9.78 Å². The number of carbonyl (C=O) groups is 1. The minimum atomic E-state index is -5.08. The highest BCUT2D eigenvalue weighted by molar-refractivity contribution is 9.10. The Balaban J connectivity index is 0.000000321. The molecule has 0 saturated carbocycles. The number of hydrogen-bond donors (Lipinski definition) is 2. The SMILES string of the molecule is CC(Cn1cccn1)NCc1cnc2ccc(Br)cn12.O=C(O)C(F)(F)F. The number of halogens is 4. The van der Waals surface area contributed by atoms with E-state index in [1.165, 1.54) is 0 Å². The highest BCUT2D eigenvalue weighted by Gasteiger charge is 2.38. The predicted octanol–water partition coefficient (Wildman–Crippen LogP) is 3.10. The van der Waals surface area contributed by atoms with Crippen molar-refractivity contribution in [1.29, 1.82) is 0 Å². The molecule has 27 heavy (non-hydrogen) atoms. The van der Waals surface area contributed by atoms with E-state index in [0.29, 0.717) is 6.04 Å². The highest BCUT2D eigenvalue weighted by atomic mass is 79.9. The van der Waals surface area contributed by atoms with Gasteiger partial charge in [-0.05, 0) is 41.1 Å². The first-order chi connectivity index (χ1) is 12.7. The Morgan fingerprint density at radius 1 is 1.41 bits per heavy atom. The summed E-state index contributed by atoms with van der Waals surface area (Å²) in [4.78, 5) is 13.3. The summed E-state index contributed by atoms with van der Waals surface area (Å²) in [5, 5.41) is 14.8. The van der Waals surface area contributed by atoms with E-state index < -0.39 is 12.1 Å². The van der Waals surface area contributed by atoms with Crippen LogP contribution in [-0.4, -0.2) is 42.5 Å². The molecule has 0 aromatic carbocycles. The molecule has 1 unspecified atom stereocenters. The van der Waals surface area contributed by atoms with E-state index in [2.05, 4.69) is 42.7 Å². The van der Waals surface area contributed by atoms with Crippen molar-refractivity contribution in [3.63, 3.8) is 0 Å². The molecule has 0 aliphatic carbocycles. The molecule has 11 heteroatoms. The van der Waals surface area contributed by atoms with E-state index in [9.17, 15) is 13.2 Å². The molecular formula is C16H17BrF3N5O2. The van der Waals surface area contributed by atoms with Crippen molar-refractivity contribution in [2.75, 3.05) is 0 Å². The van der Waals surface area contributed by atoms with Gasteiger partial charge in [-0.3, -0.25) is 4.68 Å². The summed E-state index contributed by atoms with van der Waals surface area (Å²) in [5.41, 5.74) is 2.11. The Morgan fingerprint density at radius 2 is 2.11 bits per heavy atom. The van der Waals surface area contributed by atoms with E-state index in [4.69, 9.17) is 9.90 Å². The first kappa shape index (κ1) is 20.9. The van der Waals surface area contributed by atoms with Gasteiger partial charge in [-0.2, -0.15) is 18.3 Å². The zero-order valence-electron chi connectivity index (χ0n) is 14.2. The third-order valence-corrected chi connectivity index (χ3v) is 3.91. The fraction of sp³-hybridized carbons (Fsp3) is 0.312. The van der Waals surface area contributed by atoms with Crippen molar-refractivity contribution in [2.45, 2.75) is 32.2 Å². The van der Waals surface area contributed by atoms with Crippen LogP contribution in [0.1, 0.15) is 12.6 Å². The van der Waals surface area contributed by atoms with Crippen molar-refractivity contribution < 1.29 is 23.1 Å². The third kappa shape index (κ3) is 6.36.